The number of nitrogens with zero attached hydrogens (tertiary/aromatic N) is 4. The second-order valence-corrected chi connectivity index (χ2v) is 7.08. The Hall–Kier alpha value is -1.99. The van der Waals surface area contributed by atoms with Gasteiger partial charge in [-0.25, -0.2) is 9.97 Å². The second kappa shape index (κ2) is 7.49. The van der Waals surface area contributed by atoms with Crippen molar-refractivity contribution in [2.75, 3.05) is 25.5 Å². The van der Waals surface area contributed by atoms with Crippen LogP contribution in [0.5, 0.6) is 0 Å². The van der Waals surface area contributed by atoms with Gasteiger partial charge in [0, 0.05) is 49.9 Å². The average molecular weight is 342 g/mol. The quantitative estimate of drug-likeness (QED) is 0.800. The number of hydrogen-bond donors (Lipinski definition) is 2. The Labute approximate surface area is 148 Å². The first-order chi connectivity index (χ1) is 12.3. The molecule has 2 aliphatic rings. The molecule has 7 heteroatoms. The molecule has 3 heterocycles. The molecule has 1 aliphatic carbocycles. The largest absolute Gasteiger partial charge is 0.376 e. The molecule has 7 nitrogen and oxygen atoms in total. The van der Waals surface area contributed by atoms with Gasteiger partial charge < -0.3 is 10.1 Å². The number of aromatic amines is 1. The van der Waals surface area contributed by atoms with Crippen molar-refractivity contribution in [2.24, 2.45) is 0 Å². The van der Waals surface area contributed by atoms with Crippen LogP contribution >= 0.6 is 0 Å². The summed E-state index contributed by atoms with van der Waals surface area (Å²) in [5.41, 5.74) is 5.05. The smallest absolute Gasteiger partial charge is 0.222 e. The number of ether oxygens (including phenoxy) is 1. The van der Waals surface area contributed by atoms with Crippen molar-refractivity contribution in [3.8, 4) is 0 Å². The number of H-pyrrole nitrogens is 1. The zero-order valence-corrected chi connectivity index (χ0v) is 14.8. The van der Waals surface area contributed by atoms with Crippen LogP contribution in [-0.4, -0.2) is 51.4 Å². The van der Waals surface area contributed by atoms with E-state index in [0.717, 1.165) is 57.5 Å². The third-order valence-electron chi connectivity index (χ3n) is 4.98. The predicted octanol–water partition coefficient (Wildman–Crippen LogP) is 1.91. The fourth-order valence-electron chi connectivity index (χ4n) is 3.68. The van der Waals surface area contributed by atoms with Gasteiger partial charge in [0.25, 0.3) is 0 Å². The molecule has 0 amide bonds. The molecule has 0 spiro atoms. The fraction of sp³-hybridized carbons (Fsp3) is 0.611. The standard InChI is InChI=1S/C18H26N6O/c1-24(12-17-15-5-2-6-16(15)22-23-17)11-13-8-19-18(20-9-13)21-10-14-4-3-7-25-14/h8-9,14H,2-7,10-12H2,1H3,(H,22,23)(H,19,20,21)/t14-/m1/s1. The van der Waals surface area contributed by atoms with E-state index >= 15 is 0 Å². The van der Waals surface area contributed by atoms with Crippen LogP contribution in [0.2, 0.25) is 0 Å². The van der Waals surface area contributed by atoms with Crippen molar-refractivity contribution < 1.29 is 4.74 Å². The van der Waals surface area contributed by atoms with Gasteiger partial charge in [0.1, 0.15) is 0 Å². The van der Waals surface area contributed by atoms with Crippen molar-refractivity contribution in [3.63, 3.8) is 0 Å². The van der Waals surface area contributed by atoms with Crippen molar-refractivity contribution in [2.45, 2.75) is 51.3 Å². The minimum absolute atomic E-state index is 0.296. The van der Waals surface area contributed by atoms with Crippen LogP contribution in [0.15, 0.2) is 12.4 Å². The molecule has 0 unspecified atom stereocenters. The van der Waals surface area contributed by atoms with Gasteiger partial charge in [0.2, 0.25) is 5.95 Å². The molecule has 25 heavy (non-hydrogen) atoms. The normalized spacial score (nSPS) is 19.5. The highest BCUT2D eigenvalue weighted by Gasteiger charge is 2.19. The minimum atomic E-state index is 0.296. The molecule has 2 aromatic rings. The van der Waals surface area contributed by atoms with Gasteiger partial charge in [0.15, 0.2) is 0 Å². The number of hydrogen-bond acceptors (Lipinski definition) is 6. The maximum atomic E-state index is 5.60. The number of nitrogens with one attached hydrogen (secondary N) is 2. The molecular weight excluding hydrogens is 316 g/mol. The number of aryl methyl sites for hydroxylation is 1. The van der Waals surface area contributed by atoms with E-state index in [0.29, 0.717) is 12.1 Å². The van der Waals surface area contributed by atoms with Crippen LogP contribution in [0.4, 0.5) is 5.95 Å². The number of aromatic nitrogens is 4. The Morgan fingerprint density at radius 1 is 1.24 bits per heavy atom. The first kappa shape index (κ1) is 16.5. The molecule has 134 valence electrons. The van der Waals surface area contributed by atoms with E-state index in [1.165, 1.54) is 23.4 Å². The van der Waals surface area contributed by atoms with Crippen molar-refractivity contribution >= 4 is 5.95 Å². The summed E-state index contributed by atoms with van der Waals surface area (Å²) in [4.78, 5) is 11.1. The Morgan fingerprint density at radius 2 is 2.12 bits per heavy atom. The zero-order valence-electron chi connectivity index (χ0n) is 14.8. The lowest BCUT2D eigenvalue weighted by atomic mass is 10.2. The van der Waals surface area contributed by atoms with E-state index in [9.17, 15) is 0 Å². The van der Waals surface area contributed by atoms with Gasteiger partial charge in [0.05, 0.1) is 11.8 Å². The van der Waals surface area contributed by atoms with E-state index in [2.05, 4.69) is 37.4 Å². The predicted molar refractivity (Wildman–Crippen MR) is 95.3 cm³/mol. The molecule has 2 aromatic heterocycles. The molecule has 0 radical (unpaired) electrons. The van der Waals surface area contributed by atoms with Gasteiger partial charge in [-0.05, 0) is 44.7 Å². The monoisotopic (exact) mass is 342 g/mol. The van der Waals surface area contributed by atoms with E-state index in [1.54, 1.807) is 0 Å². The number of anilines is 1. The lowest BCUT2D eigenvalue weighted by molar-refractivity contribution is 0.120. The highest BCUT2D eigenvalue weighted by molar-refractivity contribution is 5.29. The topological polar surface area (TPSA) is 79.0 Å². The fourth-order valence-corrected chi connectivity index (χ4v) is 3.68. The Morgan fingerprint density at radius 3 is 2.92 bits per heavy atom. The molecule has 2 N–H and O–H groups in total. The first-order valence-electron chi connectivity index (χ1n) is 9.18. The van der Waals surface area contributed by atoms with E-state index < -0.39 is 0 Å². The van der Waals surface area contributed by atoms with Crippen LogP contribution in [0.1, 0.15) is 41.8 Å². The van der Waals surface area contributed by atoms with Crippen LogP contribution in [0.3, 0.4) is 0 Å². The third kappa shape index (κ3) is 3.99. The van der Waals surface area contributed by atoms with Crippen LogP contribution in [0.25, 0.3) is 0 Å². The van der Waals surface area contributed by atoms with Crippen LogP contribution < -0.4 is 5.32 Å². The lowest BCUT2D eigenvalue weighted by Crippen LogP contribution is -2.20. The summed E-state index contributed by atoms with van der Waals surface area (Å²) in [6, 6.07) is 0. The molecule has 1 atom stereocenters. The molecule has 4 rings (SSSR count). The highest BCUT2D eigenvalue weighted by Crippen LogP contribution is 2.23. The van der Waals surface area contributed by atoms with E-state index in [-0.39, 0.29) is 0 Å². The minimum Gasteiger partial charge on any atom is -0.376 e. The molecule has 0 saturated carbocycles. The van der Waals surface area contributed by atoms with Crippen molar-refractivity contribution in [1.29, 1.82) is 0 Å². The summed E-state index contributed by atoms with van der Waals surface area (Å²) in [6.45, 7) is 3.32. The van der Waals surface area contributed by atoms with Crippen molar-refractivity contribution in [3.05, 3.63) is 34.9 Å². The Kier molecular flexibility index (Phi) is 4.94. The number of fused-ring (bicyclic) bond motifs is 1. The Balaban J connectivity index is 1.28. The summed E-state index contributed by atoms with van der Waals surface area (Å²) in [6.07, 6.45) is 9.90. The maximum absolute atomic E-state index is 5.60. The van der Waals surface area contributed by atoms with Gasteiger partial charge in [-0.2, -0.15) is 5.10 Å². The van der Waals surface area contributed by atoms with Gasteiger partial charge in [-0.1, -0.05) is 0 Å². The van der Waals surface area contributed by atoms with E-state index in [1.807, 2.05) is 12.4 Å². The Bertz CT molecular complexity index is 692. The molecule has 0 aromatic carbocycles. The van der Waals surface area contributed by atoms with Crippen LogP contribution in [0, 0.1) is 0 Å². The lowest BCUT2D eigenvalue weighted by Gasteiger charge is -2.16. The molecule has 1 fully saturated rings. The summed E-state index contributed by atoms with van der Waals surface area (Å²) in [5, 5.41) is 10.9. The second-order valence-electron chi connectivity index (χ2n) is 7.08. The van der Waals surface area contributed by atoms with Gasteiger partial charge in [-0.15, -0.1) is 0 Å². The van der Waals surface area contributed by atoms with Gasteiger partial charge in [-0.3, -0.25) is 10.00 Å². The van der Waals surface area contributed by atoms with E-state index in [4.69, 9.17) is 4.74 Å². The molecule has 1 saturated heterocycles. The summed E-state index contributed by atoms with van der Waals surface area (Å²) in [5.74, 6) is 0.673. The first-order valence-corrected chi connectivity index (χ1v) is 9.18. The summed E-state index contributed by atoms with van der Waals surface area (Å²) in [7, 11) is 2.11. The molecule has 0 bridgehead atoms. The molecule has 1 aliphatic heterocycles. The zero-order chi connectivity index (χ0) is 17.1. The van der Waals surface area contributed by atoms with Crippen molar-refractivity contribution in [1.82, 2.24) is 25.1 Å². The van der Waals surface area contributed by atoms with Crippen LogP contribution in [-0.2, 0) is 30.7 Å². The highest BCUT2D eigenvalue weighted by atomic mass is 16.5. The summed E-state index contributed by atoms with van der Waals surface area (Å²) < 4.78 is 5.60. The summed E-state index contributed by atoms with van der Waals surface area (Å²) >= 11 is 0. The maximum Gasteiger partial charge on any atom is 0.222 e. The third-order valence-corrected chi connectivity index (χ3v) is 4.98. The SMILES string of the molecule is CN(Cc1cnc(NC[C@H]2CCCO2)nc1)Cc1n[nH]c2c1CCC2. The average Bonchev–Trinajstić information content (AvgIpc) is 3.34. The van der Waals surface area contributed by atoms with Gasteiger partial charge >= 0.3 is 0 Å². The number of rotatable bonds is 7. The molecular formula is C18H26N6O.